The van der Waals surface area contributed by atoms with Crippen molar-refractivity contribution in [1.29, 1.82) is 0 Å². The molecule has 0 bridgehead atoms. The number of halogens is 2. The van der Waals surface area contributed by atoms with Crippen LogP contribution in [0.1, 0.15) is 0 Å². The molecule has 0 spiro atoms. The van der Waals surface area contributed by atoms with Crippen molar-refractivity contribution in [3.8, 4) is 0 Å². The number of hydrogen-bond acceptors (Lipinski definition) is 0. The second-order valence-electron chi connectivity index (χ2n) is 1.63. The van der Waals surface area contributed by atoms with E-state index in [1.807, 2.05) is 0 Å². The average molecular weight is 158 g/mol. The fourth-order valence-electron chi connectivity index (χ4n) is 0.496. The largest absolute Gasteiger partial charge is 0.205 e. The summed E-state index contributed by atoms with van der Waals surface area (Å²) in [6, 6.07) is 4.41. The van der Waals surface area contributed by atoms with Gasteiger partial charge in [0, 0.05) is 0 Å². The molecule has 0 fully saturated rings. The zero-order chi connectivity index (χ0) is 6.85. The summed E-state index contributed by atoms with van der Waals surface area (Å²) in [6.45, 7) is 0. The first-order chi connectivity index (χ1) is 4.20. The Labute approximate surface area is 61.1 Å². The number of rotatable bonds is 0. The highest BCUT2D eigenvalue weighted by molar-refractivity contribution is 6.36. The Morgan fingerprint density at radius 2 is 2.11 bits per heavy atom. The molecule has 0 aromatic heterocycles. The van der Waals surface area contributed by atoms with Gasteiger partial charge in [-0.1, -0.05) is 22.9 Å². The zero-order valence-electron chi connectivity index (χ0n) is 4.49. The van der Waals surface area contributed by atoms with E-state index in [1.165, 1.54) is 12.1 Å². The molecule has 3 radical (unpaired) electrons. The lowest BCUT2D eigenvalue weighted by molar-refractivity contribution is 0.628. The third-order valence-electron chi connectivity index (χ3n) is 0.920. The quantitative estimate of drug-likeness (QED) is 0.498. The van der Waals surface area contributed by atoms with Crippen LogP contribution in [-0.4, -0.2) is 10.2 Å². The lowest BCUT2D eigenvalue weighted by atomic mass is 10.3. The average Bonchev–Trinajstić information content (AvgIpc) is 1.80. The van der Waals surface area contributed by atoms with Crippen LogP contribution < -0.4 is 5.19 Å². The Balaban J connectivity index is 3.17. The van der Waals surface area contributed by atoms with Crippen molar-refractivity contribution in [3.05, 3.63) is 29.0 Å². The second kappa shape index (κ2) is 2.50. The van der Waals surface area contributed by atoms with E-state index in [4.69, 9.17) is 11.6 Å². The SMILES string of the molecule is Fc1ccc([Si])cc1Cl. The van der Waals surface area contributed by atoms with Crippen molar-refractivity contribution in [2.24, 2.45) is 0 Å². The van der Waals surface area contributed by atoms with Gasteiger partial charge in [-0.15, -0.1) is 0 Å². The van der Waals surface area contributed by atoms with E-state index in [0.29, 0.717) is 0 Å². The predicted octanol–water partition coefficient (Wildman–Crippen LogP) is 1.27. The van der Waals surface area contributed by atoms with E-state index in [9.17, 15) is 4.39 Å². The van der Waals surface area contributed by atoms with Gasteiger partial charge in [0.15, 0.2) is 0 Å². The summed E-state index contributed by atoms with van der Waals surface area (Å²) in [4.78, 5) is 0. The van der Waals surface area contributed by atoms with E-state index in [1.54, 1.807) is 6.07 Å². The molecule has 0 unspecified atom stereocenters. The maximum Gasteiger partial charge on any atom is 0.141 e. The monoisotopic (exact) mass is 157 g/mol. The normalized spacial score (nSPS) is 9.67. The van der Waals surface area contributed by atoms with Crippen LogP contribution in [0, 0.1) is 5.82 Å². The highest BCUT2D eigenvalue weighted by Crippen LogP contribution is 2.09. The maximum atomic E-state index is 12.3. The van der Waals surface area contributed by atoms with E-state index in [-0.39, 0.29) is 5.02 Å². The minimum Gasteiger partial charge on any atom is -0.205 e. The first-order valence-electron chi connectivity index (χ1n) is 2.37. The topological polar surface area (TPSA) is 0 Å². The van der Waals surface area contributed by atoms with Gasteiger partial charge in [0.1, 0.15) is 5.82 Å². The highest BCUT2D eigenvalue weighted by atomic mass is 35.5. The molecule has 0 atom stereocenters. The molecule has 1 aromatic carbocycles. The molecule has 0 N–H and O–H groups in total. The van der Waals surface area contributed by atoms with Gasteiger partial charge in [0.05, 0.1) is 15.3 Å². The molecule has 0 nitrogen and oxygen atoms in total. The van der Waals surface area contributed by atoms with Crippen LogP contribution in [-0.2, 0) is 0 Å². The molecule has 0 aliphatic rings. The molecule has 0 saturated carbocycles. The number of benzene rings is 1. The minimum absolute atomic E-state index is 0.141. The standard InChI is InChI=1S/C6H3ClFSi/c7-5-3-4(9)1-2-6(5)8/h1-3H. The maximum absolute atomic E-state index is 12.3. The summed E-state index contributed by atoms with van der Waals surface area (Å²) in [5, 5.41) is 0.920. The first kappa shape index (κ1) is 6.77. The third kappa shape index (κ3) is 1.53. The molecular formula is C6H3ClFSi. The Kier molecular flexibility index (Phi) is 1.88. The van der Waals surface area contributed by atoms with Gasteiger partial charge < -0.3 is 0 Å². The molecule has 1 aromatic rings. The van der Waals surface area contributed by atoms with Gasteiger partial charge in [0.25, 0.3) is 0 Å². The van der Waals surface area contributed by atoms with Crippen LogP contribution in [0.15, 0.2) is 18.2 Å². The van der Waals surface area contributed by atoms with Crippen molar-refractivity contribution in [3.63, 3.8) is 0 Å². The summed E-state index contributed by atoms with van der Waals surface area (Å²) < 4.78 is 12.3. The van der Waals surface area contributed by atoms with Crippen molar-refractivity contribution in [2.75, 3.05) is 0 Å². The van der Waals surface area contributed by atoms with E-state index in [0.717, 1.165) is 5.19 Å². The molecular weight excluding hydrogens is 155 g/mol. The second-order valence-corrected chi connectivity index (χ2v) is 2.61. The summed E-state index contributed by atoms with van der Waals surface area (Å²) in [6.07, 6.45) is 0. The molecule has 0 heterocycles. The lowest BCUT2D eigenvalue weighted by Gasteiger charge is -1.92. The molecule has 0 aliphatic heterocycles. The minimum atomic E-state index is -0.390. The smallest absolute Gasteiger partial charge is 0.141 e. The van der Waals surface area contributed by atoms with E-state index >= 15 is 0 Å². The number of hydrogen-bond donors (Lipinski definition) is 0. The summed E-state index contributed by atoms with van der Waals surface area (Å²) in [5.74, 6) is -0.390. The van der Waals surface area contributed by atoms with Crippen molar-refractivity contribution < 1.29 is 4.39 Å². The Hall–Kier alpha value is -0.343. The van der Waals surface area contributed by atoms with E-state index < -0.39 is 5.82 Å². The molecule has 0 amide bonds. The van der Waals surface area contributed by atoms with Crippen LogP contribution in [0.5, 0.6) is 0 Å². The summed E-state index contributed by atoms with van der Waals surface area (Å²) >= 11 is 5.41. The zero-order valence-corrected chi connectivity index (χ0v) is 6.24. The molecule has 0 saturated heterocycles. The van der Waals surface area contributed by atoms with Crippen LogP contribution in [0.25, 0.3) is 0 Å². The lowest BCUT2D eigenvalue weighted by Crippen LogP contribution is -2.00. The van der Waals surface area contributed by atoms with Crippen molar-refractivity contribution in [2.45, 2.75) is 0 Å². The summed E-state index contributed by atoms with van der Waals surface area (Å²) in [5.41, 5.74) is 0. The van der Waals surface area contributed by atoms with Gasteiger partial charge in [0.2, 0.25) is 0 Å². The van der Waals surface area contributed by atoms with Crippen molar-refractivity contribution in [1.82, 2.24) is 0 Å². The van der Waals surface area contributed by atoms with Gasteiger partial charge >= 0.3 is 0 Å². The third-order valence-corrected chi connectivity index (χ3v) is 1.52. The first-order valence-corrected chi connectivity index (χ1v) is 3.24. The van der Waals surface area contributed by atoms with Crippen LogP contribution >= 0.6 is 11.6 Å². The Bertz CT molecular complexity index is 224. The predicted molar refractivity (Wildman–Crippen MR) is 36.8 cm³/mol. The van der Waals surface area contributed by atoms with Crippen molar-refractivity contribution >= 4 is 27.0 Å². The van der Waals surface area contributed by atoms with E-state index in [2.05, 4.69) is 10.2 Å². The molecule has 45 valence electrons. The van der Waals surface area contributed by atoms with Crippen LogP contribution in [0.2, 0.25) is 5.02 Å². The highest BCUT2D eigenvalue weighted by Gasteiger charge is 1.95. The summed E-state index contributed by atoms with van der Waals surface area (Å²) in [7, 11) is 3.19. The van der Waals surface area contributed by atoms with Gasteiger partial charge in [-0.2, -0.15) is 0 Å². The van der Waals surface area contributed by atoms with Crippen LogP contribution in [0.4, 0.5) is 4.39 Å². The fraction of sp³-hybridized carbons (Fsp3) is 0. The molecule has 3 heteroatoms. The Morgan fingerprint density at radius 3 is 2.56 bits per heavy atom. The van der Waals surface area contributed by atoms with Crippen LogP contribution in [0.3, 0.4) is 0 Å². The van der Waals surface area contributed by atoms with Gasteiger partial charge in [-0.25, -0.2) is 4.39 Å². The Morgan fingerprint density at radius 1 is 1.44 bits per heavy atom. The van der Waals surface area contributed by atoms with Gasteiger partial charge in [-0.05, 0) is 12.1 Å². The van der Waals surface area contributed by atoms with Gasteiger partial charge in [-0.3, -0.25) is 0 Å². The molecule has 0 aliphatic carbocycles. The molecule has 1 rings (SSSR count). The fourth-order valence-corrected chi connectivity index (χ4v) is 0.996. The molecule has 9 heavy (non-hydrogen) atoms.